The number of carbonyl (C=O) groups excluding carboxylic acids is 2. The van der Waals surface area contributed by atoms with Crippen LogP contribution < -0.4 is 15.5 Å². The summed E-state index contributed by atoms with van der Waals surface area (Å²) in [7, 11) is 0. The molecule has 8 heteroatoms. The number of hydrogen-bond donors (Lipinski definition) is 2. The van der Waals surface area contributed by atoms with Gasteiger partial charge in [0.2, 0.25) is 0 Å². The van der Waals surface area contributed by atoms with Gasteiger partial charge in [0.1, 0.15) is 5.69 Å². The van der Waals surface area contributed by atoms with Crippen LogP contribution in [0.3, 0.4) is 0 Å². The Kier molecular flexibility index (Phi) is 6.64. The third-order valence-corrected chi connectivity index (χ3v) is 5.69. The van der Waals surface area contributed by atoms with Crippen LogP contribution in [0.1, 0.15) is 16.7 Å². The molecule has 0 saturated heterocycles. The Morgan fingerprint density at radius 2 is 1.61 bits per heavy atom. The number of nitro groups is 1. The molecule has 2 amide bonds. The van der Waals surface area contributed by atoms with Gasteiger partial charge in [-0.2, -0.15) is 0 Å². The van der Waals surface area contributed by atoms with Gasteiger partial charge in [0, 0.05) is 31.4 Å². The van der Waals surface area contributed by atoms with Crippen LogP contribution in [-0.2, 0) is 29.0 Å². The first kappa shape index (κ1) is 22.0. The van der Waals surface area contributed by atoms with Gasteiger partial charge in [0.25, 0.3) is 5.69 Å². The zero-order valence-electron chi connectivity index (χ0n) is 18.0. The number of rotatable bonds is 6. The Morgan fingerprint density at radius 1 is 0.909 bits per heavy atom. The highest BCUT2D eigenvalue weighted by molar-refractivity contribution is 6.39. The molecule has 0 fully saturated rings. The summed E-state index contributed by atoms with van der Waals surface area (Å²) in [6.07, 6.45) is 1.59. The maximum absolute atomic E-state index is 12.1. The number of hydrogen-bond acceptors (Lipinski definition) is 5. The van der Waals surface area contributed by atoms with Gasteiger partial charge in [-0.3, -0.25) is 19.7 Å². The molecule has 3 aromatic carbocycles. The topological polar surface area (TPSA) is 105 Å². The van der Waals surface area contributed by atoms with Crippen LogP contribution in [0.2, 0.25) is 0 Å². The van der Waals surface area contributed by atoms with E-state index in [1.807, 2.05) is 12.1 Å². The Hall–Kier alpha value is -4.20. The number of fused-ring (bicyclic) bond motifs is 1. The molecule has 0 unspecified atom stereocenters. The highest BCUT2D eigenvalue weighted by atomic mass is 16.6. The summed E-state index contributed by atoms with van der Waals surface area (Å²) in [5.41, 5.74) is 4.67. The first-order chi connectivity index (χ1) is 16.0. The van der Waals surface area contributed by atoms with E-state index in [4.69, 9.17) is 0 Å². The van der Waals surface area contributed by atoms with E-state index in [0.717, 1.165) is 30.8 Å². The highest BCUT2D eigenvalue weighted by Crippen LogP contribution is 2.25. The van der Waals surface area contributed by atoms with E-state index in [2.05, 4.69) is 51.9 Å². The maximum atomic E-state index is 12.1. The van der Waals surface area contributed by atoms with Crippen molar-refractivity contribution in [3.63, 3.8) is 0 Å². The Balaban J connectivity index is 1.26. The standard InChI is InChI=1S/C25H24N4O4/c30-24(25(31)27-22-7-3-4-8-23(22)29(32)33)26-15-13-18-9-11-21(12-10-18)28-16-14-19-5-1-2-6-20(19)17-28/h1-12H,13-17H2,(H,26,30)(H,27,31). The fourth-order valence-corrected chi connectivity index (χ4v) is 3.91. The zero-order valence-corrected chi connectivity index (χ0v) is 18.0. The molecule has 0 saturated carbocycles. The molecule has 3 aromatic rings. The summed E-state index contributed by atoms with van der Waals surface area (Å²) in [5.74, 6) is -1.78. The molecule has 0 bridgehead atoms. The van der Waals surface area contributed by atoms with E-state index in [1.165, 1.54) is 29.3 Å². The van der Waals surface area contributed by atoms with Gasteiger partial charge >= 0.3 is 11.8 Å². The van der Waals surface area contributed by atoms with Gasteiger partial charge in [-0.1, -0.05) is 48.5 Å². The van der Waals surface area contributed by atoms with Gasteiger partial charge in [0.15, 0.2) is 0 Å². The van der Waals surface area contributed by atoms with Crippen molar-refractivity contribution < 1.29 is 14.5 Å². The Bertz CT molecular complexity index is 1180. The summed E-state index contributed by atoms with van der Waals surface area (Å²) in [5, 5.41) is 15.9. The lowest BCUT2D eigenvalue weighted by Gasteiger charge is -2.30. The third-order valence-electron chi connectivity index (χ3n) is 5.69. The minimum atomic E-state index is -0.940. The molecule has 0 radical (unpaired) electrons. The average Bonchev–Trinajstić information content (AvgIpc) is 2.84. The second-order valence-electron chi connectivity index (χ2n) is 7.84. The van der Waals surface area contributed by atoms with Crippen molar-refractivity contribution in [1.82, 2.24) is 5.32 Å². The molecule has 168 valence electrons. The van der Waals surface area contributed by atoms with E-state index < -0.39 is 16.7 Å². The largest absolute Gasteiger partial charge is 0.367 e. The number of carbonyl (C=O) groups is 2. The molecule has 0 aromatic heterocycles. The first-order valence-electron chi connectivity index (χ1n) is 10.7. The fourth-order valence-electron chi connectivity index (χ4n) is 3.91. The van der Waals surface area contributed by atoms with Crippen molar-refractivity contribution in [2.75, 3.05) is 23.3 Å². The summed E-state index contributed by atoms with van der Waals surface area (Å²) in [6.45, 7) is 2.14. The normalized spacial score (nSPS) is 12.5. The van der Waals surface area contributed by atoms with Crippen LogP contribution >= 0.6 is 0 Å². The molecule has 2 N–H and O–H groups in total. The predicted molar refractivity (Wildman–Crippen MR) is 126 cm³/mol. The van der Waals surface area contributed by atoms with E-state index in [-0.39, 0.29) is 17.9 Å². The van der Waals surface area contributed by atoms with Crippen molar-refractivity contribution in [3.8, 4) is 0 Å². The summed E-state index contributed by atoms with van der Waals surface area (Å²) in [6, 6.07) is 22.4. The lowest BCUT2D eigenvalue weighted by Crippen LogP contribution is -2.36. The zero-order chi connectivity index (χ0) is 23.2. The minimum Gasteiger partial charge on any atom is -0.367 e. The number of nitrogens with one attached hydrogen (secondary N) is 2. The van der Waals surface area contributed by atoms with Gasteiger partial charge < -0.3 is 15.5 Å². The Labute approximate surface area is 191 Å². The van der Waals surface area contributed by atoms with Gasteiger partial charge in [-0.25, -0.2) is 0 Å². The second-order valence-corrected chi connectivity index (χ2v) is 7.84. The number of anilines is 2. The van der Waals surface area contributed by atoms with Crippen LogP contribution in [0.4, 0.5) is 17.1 Å². The minimum absolute atomic E-state index is 0.0152. The molecule has 4 rings (SSSR count). The van der Waals surface area contributed by atoms with Crippen LogP contribution in [-0.4, -0.2) is 29.8 Å². The molecule has 1 aliphatic heterocycles. The lowest BCUT2D eigenvalue weighted by molar-refractivity contribution is -0.383. The second kappa shape index (κ2) is 9.95. The number of para-hydroxylation sites is 2. The fraction of sp³-hybridized carbons (Fsp3) is 0.200. The molecule has 0 spiro atoms. The van der Waals surface area contributed by atoms with Crippen molar-refractivity contribution in [2.24, 2.45) is 0 Å². The predicted octanol–water partition coefficient (Wildman–Crippen LogP) is 3.45. The molecule has 8 nitrogen and oxygen atoms in total. The Morgan fingerprint density at radius 3 is 2.36 bits per heavy atom. The van der Waals surface area contributed by atoms with Crippen LogP contribution in [0.15, 0.2) is 72.8 Å². The van der Waals surface area contributed by atoms with E-state index in [1.54, 1.807) is 6.07 Å². The molecule has 33 heavy (non-hydrogen) atoms. The number of benzene rings is 3. The van der Waals surface area contributed by atoms with Crippen molar-refractivity contribution in [1.29, 1.82) is 0 Å². The monoisotopic (exact) mass is 444 g/mol. The van der Waals surface area contributed by atoms with E-state index in [0.29, 0.717) is 6.42 Å². The molecular weight excluding hydrogens is 420 g/mol. The first-order valence-corrected chi connectivity index (χ1v) is 10.7. The molecule has 0 atom stereocenters. The summed E-state index contributed by atoms with van der Waals surface area (Å²) < 4.78 is 0. The molecule has 0 aliphatic carbocycles. The van der Waals surface area contributed by atoms with Crippen molar-refractivity contribution in [2.45, 2.75) is 19.4 Å². The third kappa shape index (κ3) is 5.35. The van der Waals surface area contributed by atoms with Crippen LogP contribution in [0, 0.1) is 10.1 Å². The van der Waals surface area contributed by atoms with Crippen molar-refractivity contribution >= 4 is 28.9 Å². The van der Waals surface area contributed by atoms with Crippen LogP contribution in [0.5, 0.6) is 0 Å². The molecule has 1 heterocycles. The summed E-state index contributed by atoms with van der Waals surface area (Å²) >= 11 is 0. The van der Waals surface area contributed by atoms with Gasteiger partial charge in [-0.15, -0.1) is 0 Å². The maximum Gasteiger partial charge on any atom is 0.313 e. The number of amides is 2. The van der Waals surface area contributed by atoms with Gasteiger partial charge in [0.05, 0.1) is 4.92 Å². The highest BCUT2D eigenvalue weighted by Gasteiger charge is 2.19. The quantitative estimate of drug-likeness (QED) is 0.344. The SMILES string of the molecule is O=C(NCCc1ccc(N2CCc3ccccc3C2)cc1)C(=O)Nc1ccccc1[N+](=O)[O-]. The molecular formula is C25H24N4O4. The number of nitro benzene ring substituents is 1. The molecule has 1 aliphatic rings. The number of nitrogens with zero attached hydrogens (tertiary/aromatic N) is 2. The van der Waals surface area contributed by atoms with E-state index >= 15 is 0 Å². The van der Waals surface area contributed by atoms with Crippen molar-refractivity contribution in [3.05, 3.63) is 99.6 Å². The lowest BCUT2D eigenvalue weighted by atomic mass is 9.99. The summed E-state index contributed by atoms with van der Waals surface area (Å²) in [4.78, 5) is 36.9. The van der Waals surface area contributed by atoms with Crippen LogP contribution in [0.25, 0.3) is 0 Å². The van der Waals surface area contributed by atoms with Gasteiger partial charge in [-0.05, 0) is 47.7 Å². The smallest absolute Gasteiger partial charge is 0.313 e. The van der Waals surface area contributed by atoms with E-state index in [9.17, 15) is 19.7 Å². The average molecular weight is 444 g/mol.